The number of aromatic hydroxyl groups is 1. The zero-order valence-corrected chi connectivity index (χ0v) is 12.9. The molecule has 23 heavy (non-hydrogen) atoms. The summed E-state index contributed by atoms with van der Waals surface area (Å²) in [5, 5.41) is 13.7. The molecule has 1 amide bonds. The molecule has 6 heteroatoms. The molecule has 0 aromatic heterocycles. The number of phenols is 1. The summed E-state index contributed by atoms with van der Waals surface area (Å²) in [4.78, 5) is 11.9. The molecule has 1 atom stereocenters. The fraction of sp³-hybridized carbons (Fsp3) is 0.176. The van der Waals surface area contributed by atoms with Gasteiger partial charge in [-0.2, -0.15) is 5.10 Å². The number of nitrogens with one attached hydrogen (secondary N) is 1. The molecule has 0 saturated carbocycles. The summed E-state index contributed by atoms with van der Waals surface area (Å²) < 4.78 is 10.5. The van der Waals surface area contributed by atoms with Crippen molar-refractivity contribution in [1.29, 1.82) is 0 Å². The van der Waals surface area contributed by atoms with Gasteiger partial charge in [0.1, 0.15) is 5.75 Å². The minimum absolute atomic E-state index is 0.0402. The van der Waals surface area contributed by atoms with Gasteiger partial charge in [-0.05, 0) is 31.2 Å². The van der Waals surface area contributed by atoms with Crippen molar-refractivity contribution >= 4 is 12.1 Å². The van der Waals surface area contributed by atoms with Crippen LogP contribution in [0.3, 0.4) is 0 Å². The Hall–Kier alpha value is -3.02. The maximum Gasteiger partial charge on any atom is 0.280 e. The molecule has 0 heterocycles. The number of phenolic OH excluding ortho intramolecular Hbond substituents is 1. The number of methoxy groups -OCH3 is 1. The zero-order chi connectivity index (χ0) is 16.7. The number of carbonyl (C=O) groups excluding carboxylic acids is 1. The molecule has 6 nitrogen and oxygen atoms in total. The van der Waals surface area contributed by atoms with Gasteiger partial charge in [0, 0.05) is 5.56 Å². The molecule has 2 N–H and O–H groups in total. The van der Waals surface area contributed by atoms with E-state index in [0.29, 0.717) is 17.1 Å². The second-order valence-electron chi connectivity index (χ2n) is 4.71. The van der Waals surface area contributed by atoms with E-state index in [9.17, 15) is 9.90 Å². The third kappa shape index (κ3) is 4.47. The van der Waals surface area contributed by atoms with Crippen LogP contribution >= 0.6 is 0 Å². The summed E-state index contributed by atoms with van der Waals surface area (Å²) >= 11 is 0. The average Bonchev–Trinajstić information content (AvgIpc) is 2.57. The Morgan fingerprint density at radius 1 is 1.22 bits per heavy atom. The highest BCUT2D eigenvalue weighted by atomic mass is 16.5. The highest BCUT2D eigenvalue weighted by Gasteiger charge is 2.13. The predicted octanol–water partition coefficient (Wildman–Crippen LogP) is 2.32. The van der Waals surface area contributed by atoms with E-state index >= 15 is 0 Å². The van der Waals surface area contributed by atoms with Crippen LogP contribution < -0.4 is 14.9 Å². The highest BCUT2D eigenvalue weighted by Crippen LogP contribution is 2.27. The molecule has 0 saturated heterocycles. The van der Waals surface area contributed by atoms with Gasteiger partial charge in [-0.15, -0.1) is 0 Å². The molecule has 0 fully saturated rings. The lowest BCUT2D eigenvalue weighted by Gasteiger charge is -2.12. The van der Waals surface area contributed by atoms with E-state index in [2.05, 4.69) is 10.5 Å². The standard InChI is InChI=1S/C17H18N2O4/c1-12(23-14-8-4-3-5-9-14)17(21)19-18-11-13-7-6-10-15(22-2)16(13)20/h3-12,20H,1-2H3,(H,19,21)/b18-11+/t12-/m0/s1. The second-order valence-corrected chi connectivity index (χ2v) is 4.71. The number of rotatable bonds is 6. The predicted molar refractivity (Wildman–Crippen MR) is 86.9 cm³/mol. The lowest BCUT2D eigenvalue weighted by Crippen LogP contribution is -2.33. The fourth-order valence-electron chi connectivity index (χ4n) is 1.82. The molecule has 0 bridgehead atoms. The highest BCUT2D eigenvalue weighted by molar-refractivity contribution is 5.87. The van der Waals surface area contributed by atoms with Crippen LogP contribution in [0.15, 0.2) is 53.6 Å². The van der Waals surface area contributed by atoms with Crippen LogP contribution in [0.1, 0.15) is 12.5 Å². The first-order valence-electron chi connectivity index (χ1n) is 7.02. The molecule has 2 aromatic carbocycles. The summed E-state index contributed by atoms with van der Waals surface area (Å²) in [5.74, 6) is 0.500. The molecule has 0 spiro atoms. The maximum absolute atomic E-state index is 11.9. The lowest BCUT2D eigenvalue weighted by atomic mass is 10.2. The van der Waals surface area contributed by atoms with E-state index in [-0.39, 0.29) is 5.75 Å². The summed E-state index contributed by atoms with van der Waals surface area (Å²) in [6, 6.07) is 14.0. The molecule has 0 unspecified atom stereocenters. The van der Waals surface area contributed by atoms with Crippen molar-refractivity contribution in [3.8, 4) is 17.2 Å². The van der Waals surface area contributed by atoms with Gasteiger partial charge in [0.25, 0.3) is 5.91 Å². The molecule has 120 valence electrons. The van der Waals surface area contributed by atoms with Crippen LogP contribution in [0.25, 0.3) is 0 Å². The van der Waals surface area contributed by atoms with Crippen molar-refractivity contribution in [2.45, 2.75) is 13.0 Å². The van der Waals surface area contributed by atoms with Gasteiger partial charge in [0.05, 0.1) is 13.3 Å². The minimum Gasteiger partial charge on any atom is -0.504 e. The molecule has 2 rings (SSSR count). The SMILES string of the molecule is COc1cccc(/C=N/NC(=O)[C@H](C)Oc2ccccc2)c1O. The van der Waals surface area contributed by atoms with Crippen LogP contribution in [0.5, 0.6) is 17.2 Å². The van der Waals surface area contributed by atoms with Crippen LogP contribution in [0.2, 0.25) is 0 Å². The van der Waals surface area contributed by atoms with E-state index < -0.39 is 12.0 Å². The second kappa shape index (κ2) is 7.84. The van der Waals surface area contributed by atoms with Crippen LogP contribution in [0.4, 0.5) is 0 Å². The third-order valence-corrected chi connectivity index (χ3v) is 3.05. The van der Waals surface area contributed by atoms with Gasteiger partial charge in [-0.1, -0.05) is 24.3 Å². The van der Waals surface area contributed by atoms with Crippen molar-refractivity contribution in [3.05, 3.63) is 54.1 Å². The quantitative estimate of drug-likeness (QED) is 0.633. The Kier molecular flexibility index (Phi) is 5.57. The zero-order valence-electron chi connectivity index (χ0n) is 12.9. The van der Waals surface area contributed by atoms with E-state index in [4.69, 9.17) is 9.47 Å². The number of ether oxygens (including phenoxy) is 2. The average molecular weight is 314 g/mol. The number of carbonyl (C=O) groups is 1. The Morgan fingerprint density at radius 2 is 1.96 bits per heavy atom. The molecular weight excluding hydrogens is 296 g/mol. The van der Waals surface area contributed by atoms with Gasteiger partial charge in [-0.25, -0.2) is 5.43 Å². The lowest BCUT2D eigenvalue weighted by molar-refractivity contribution is -0.127. The fourth-order valence-corrected chi connectivity index (χ4v) is 1.82. The first-order chi connectivity index (χ1) is 11.1. The summed E-state index contributed by atoms with van der Waals surface area (Å²) in [7, 11) is 1.46. The monoisotopic (exact) mass is 314 g/mol. The molecule has 2 aromatic rings. The largest absolute Gasteiger partial charge is 0.504 e. The van der Waals surface area contributed by atoms with Crippen LogP contribution in [-0.4, -0.2) is 30.4 Å². The Balaban J connectivity index is 1.93. The maximum atomic E-state index is 11.9. The van der Waals surface area contributed by atoms with E-state index in [1.54, 1.807) is 37.3 Å². The number of hydrogen-bond donors (Lipinski definition) is 2. The molecule has 0 aliphatic rings. The molecule has 0 aliphatic carbocycles. The van der Waals surface area contributed by atoms with Gasteiger partial charge >= 0.3 is 0 Å². The Morgan fingerprint density at radius 3 is 2.65 bits per heavy atom. The van der Waals surface area contributed by atoms with Gasteiger partial charge in [0.2, 0.25) is 0 Å². The van der Waals surface area contributed by atoms with Gasteiger partial charge < -0.3 is 14.6 Å². The minimum atomic E-state index is -0.701. The Bertz CT molecular complexity index is 686. The molecule has 0 radical (unpaired) electrons. The van der Waals surface area contributed by atoms with Crippen LogP contribution in [-0.2, 0) is 4.79 Å². The normalized spacial score (nSPS) is 11.9. The first kappa shape index (κ1) is 16.4. The van der Waals surface area contributed by atoms with Crippen molar-refractivity contribution in [2.24, 2.45) is 5.10 Å². The van der Waals surface area contributed by atoms with Crippen molar-refractivity contribution < 1.29 is 19.4 Å². The van der Waals surface area contributed by atoms with Crippen LogP contribution in [0, 0.1) is 0 Å². The number of para-hydroxylation sites is 2. The van der Waals surface area contributed by atoms with E-state index in [1.165, 1.54) is 13.3 Å². The van der Waals surface area contributed by atoms with Gasteiger partial charge in [0.15, 0.2) is 17.6 Å². The third-order valence-electron chi connectivity index (χ3n) is 3.05. The number of hydrazone groups is 1. The molecular formula is C17H18N2O4. The van der Waals surface area contributed by atoms with Crippen molar-refractivity contribution in [2.75, 3.05) is 7.11 Å². The number of nitrogens with zero attached hydrogens (tertiary/aromatic N) is 1. The number of hydrogen-bond acceptors (Lipinski definition) is 5. The smallest absolute Gasteiger partial charge is 0.280 e. The van der Waals surface area contributed by atoms with E-state index in [0.717, 1.165) is 0 Å². The summed E-state index contributed by atoms with van der Waals surface area (Å²) in [5.41, 5.74) is 2.80. The number of benzene rings is 2. The number of amides is 1. The summed E-state index contributed by atoms with van der Waals surface area (Å²) in [6.45, 7) is 1.63. The summed E-state index contributed by atoms with van der Waals surface area (Å²) in [6.07, 6.45) is 0.638. The Labute approximate surface area is 134 Å². The van der Waals surface area contributed by atoms with E-state index in [1.807, 2.05) is 18.2 Å². The van der Waals surface area contributed by atoms with Crippen molar-refractivity contribution in [1.82, 2.24) is 5.43 Å². The first-order valence-corrected chi connectivity index (χ1v) is 7.02. The van der Waals surface area contributed by atoms with Gasteiger partial charge in [-0.3, -0.25) is 4.79 Å². The van der Waals surface area contributed by atoms with Crippen molar-refractivity contribution in [3.63, 3.8) is 0 Å². The topological polar surface area (TPSA) is 80.2 Å². The molecule has 0 aliphatic heterocycles.